The predicted octanol–water partition coefficient (Wildman–Crippen LogP) is 1.93. The summed E-state index contributed by atoms with van der Waals surface area (Å²) in [4.78, 5) is 12.8. The molecule has 0 saturated heterocycles. The van der Waals surface area contributed by atoms with E-state index in [-0.39, 0.29) is 12.5 Å². The van der Waals surface area contributed by atoms with E-state index in [0.717, 1.165) is 31.0 Å². The van der Waals surface area contributed by atoms with E-state index < -0.39 is 0 Å². The monoisotopic (exact) mass is 327 g/mol. The molecule has 6 nitrogen and oxygen atoms in total. The van der Waals surface area contributed by atoms with Crippen molar-refractivity contribution < 1.29 is 15.0 Å². The van der Waals surface area contributed by atoms with Crippen molar-refractivity contribution in [1.29, 1.82) is 0 Å². The minimum absolute atomic E-state index is 0.123. The summed E-state index contributed by atoms with van der Waals surface area (Å²) in [7, 11) is 0. The van der Waals surface area contributed by atoms with Gasteiger partial charge in [-0.3, -0.25) is 9.79 Å². The molecule has 6 heteroatoms. The van der Waals surface area contributed by atoms with Crippen LogP contribution in [0.15, 0.2) is 59.6 Å². The molecule has 3 rings (SSSR count). The van der Waals surface area contributed by atoms with Gasteiger partial charge in [0.15, 0.2) is 5.96 Å². The molecule has 0 radical (unpaired) electrons. The third kappa shape index (κ3) is 5.31. The summed E-state index contributed by atoms with van der Waals surface area (Å²) in [5.74, 6) is 1.15. The number of hydrogen-bond donors (Lipinski definition) is 4. The summed E-state index contributed by atoms with van der Waals surface area (Å²) in [5.41, 5.74) is 2.30. The Morgan fingerprint density at radius 3 is 2.58 bits per heavy atom. The fourth-order valence-corrected chi connectivity index (χ4v) is 2.52. The first kappa shape index (κ1) is 17.3. The molecule has 126 valence electrons. The molecule has 1 aliphatic heterocycles. The molecule has 0 saturated carbocycles. The molecule has 0 spiro atoms. The molecule has 0 amide bonds. The van der Waals surface area contributed by atoms with Crippen LogP contribution in [-0.2, 0) is 11.2 Å². The lowest BCUT2D eigenvalue weighted by molar-refractivity contribution is -0.122. The first-order valence-electron chi connectivity index (χ1n) is 7.68. The van der Waals surface area contributed by atoms with Crippen molar-refractivity contribution in [2.45, 2.75) is 12.5 Å². The summed E-state index contributed by atoms with van der Waals surface area (Å²) >= 11 is 0. The van der Waals surface area contributed by atoms with Gasteiger partial charge in [-0.05, 0) is 29.7 Å². The van der Waals surface area contributed by atoms with Crippen LogP contribution in [-0.4, -0.2) is 35.7 Å². The topological polar surface area (TPSA) is 94.0 Å². The second-order valence-electron chi connectivity index (χ2n) is 5.24. The average molecular weight is 327 g/mol. The number of phenolic OH excluding ortho intramolecular Hbond substituents is 1. The van der Waals surface area contributed by atoms with Crippen LogP contribution in [0.25, 0.3) is 0 Å². The highest BCUT2D eigenvalue weighted by molar-refractivity contribution is 5.81. The standard InChI is InChI=1S/C17H19N3O.CH2O2/c21-15-8-4-5-13(11-15)12-16(14-6-2-1-3-7-14)20-17-18-9-10-19-17;2-1-3/h1-8,11,16,21H,9-10,12H2,(H2,18,19,20);1H,(H,2,3). The second-order valence-corrected chi connectivity index (χ2v) is 5.24. The number of carboxylic acid groups (broad SMARTS) is 1. The van der Waals surface area contributed by atoms with Crippen LogP contribution in [0.2, 0.25) is 0 Å². The summed E-state index contributed by atoms with van der Waals surface area (Å²) < 4.78 is 0. The van der Waals surface area contributed by atoms with Crippen LogP contribution in [0.3, 0.4) is 0 Å². The molecule has 1 aliphatic rings. The first-order chi connectivity index (χ1) is 11.7. The van der Waals surface area contributed by atoms with Gasteiger partial charge in [0.2, 0.25) is 0 Å². The van der Waals surface area contributed by atoms with Crippen molar-refractivity contribution >= 4 is 12.4 Å². The minimum Gasteiger partial charge on any atom is -0.508 e. The third-order valence-corrected chi connectivity index (χ3v) is 3.54. The summed E-state index contributed by atoms with van der Waals surface area (Å²) in [5, 5.41) is 23.2. The van der Waals surface area contributed by atoms with Gasteiger partial charge in [-0.1, -0.05) is 42.5 Å². The van der Waals surface area contributed by atoms with Gasteiger partial charge in [-0.2, -0.15) is 0 Å². The van der Waals surface area contributed by atoms with E-state index in [0.29, 0.717) is 5.75 Å². The number of benzene rings is 2. The zero-order chi connectivity index (χ0) is 17.2. The Morgan fingerprint density at radius 2 is 1.96 bits per heavy atom. The molecule has 0 aromatic heterocycles. The number of aromatic hydroxyl groups is 1. The van der Waals surface area contributed by atoms with Crippen molar-refractivity contribution in [3.8, 4) is 5.75 Å². The molecule has 1 heterocycles. The lowest BCUT2D eigenvalue weighted by Crippen LogP contribution is -2.37. The van der Waals surface area contributed by atoms with Gasteiger partial charge in [0, 0.05) is 6.54 Å². The molecule has 0 bridgehead atoms. The Balaban J connectivity index is 0.000000647. The third-order valence-electron chi connectivity index (χ3n) is 3.54. The maximum atomic E-state index is 9.62. The zero-order valence-corrected chi connectivity index (χ0v) is 13.2. The van der Waals surface area contributed by atoms with E-state index in [1.54, 1.807) is 6.07 Å². The SMILES string of the molecule is O=CO.Oc1cccc(CC(NC2=NCCN2)c2ccccc2)c1. The maximum Gasteiger partial charge on any atom is 0.290 e. The van der Waals surface area contributed by atoms with Gasteiger partial charge < -0.3 is 20.8 Å². The van der Waals surface area contributed by atoms with E-state index in [9.17, 15) is 5.11 Å². The number of phenols is 1. The summed E-state index contributed by atoms with van der Waals surface area (Å²) in [6, 6.07) is 17.8. The van der Waals surface area contributed by atoms with Gasteiger partial charge in [0.1, 0.15) is 5.75 Å². The predicted molar refractivity (Wildman–Crippen MR) is 93.1 cm³/mol. The molecular weight excluding hydrogens is 306 g/mol. The van der Waals surface area contributed by atoms with Crippen molar-refractivity contribution in [2.75, 3.05) is 13.1 Å². The van der Waals surface area contributed by atoms with Crippen molar-refractivity contribution in [3.63, 3.8) is 0 Å². The van der Waals surface area contributed by atoms with Crippen LogP contribution < -0.4 is 10.6 Å². The number of rotatable bonds is 4. The van der Waals surface area contributed by atoms with Crippen LogP contribution in [0.5, 0.6) is 5.75 Å². The molecule has 0 fully saturated rings. The Hall–Kier alpha value is -3.02. The van der Waals surface area contributed by atoms with Crippen molar-refractivity contribution in [1.82, 2.24) is 10.6 Å². The van der Waals surface area contributed by atoms with Crippen LogP contribution in [0, 0.1) is 0 Å². The van der Waals surface area contributed by atoms with Crippen LogP contribution in [0.4, 0.5) is 0 Å². The Kier molecular flexibility index (Phi) is 6.64. The van der Waals surface area contributed by atoms with E-state index in [4.69, 9.17) is 9.90 Å². The summed E-state index contributed by atoms with van der Waals surface area (Å²) in [6.07, 6.45) is 0.791. The summed E-state index contributed by atoms with van der Waals surface area (Å²) in [6.45, 7) is 1.45. The Morgan fingerprint density at radius 1 is 1.21 bits per heavy atom. The molecule has 4 N–H and O–H groups in total. The smallest absolute Gasteiger partial charge is 0.290 e. The minimum atomic E-state index is -0.250. The average Bonchev–Trinajstić information content (AvgIpc) is 3.09. The molecule has 2 aromatic carbocycles. The van der Waals surface area contributed by atoms with Gasteiger partial charge in [0.25, 0.3) is 6.47 Å². The highest BCUT2D eigenvalue weighted by Crippen LogP contribution is 2.20. The van der Waals surface area contributed by atoms with E-state index in [1.165, 1.54) is 5.56 Å². The number of guanidine groups is 1. The molecule has 2 aromatic rings. The number of carbonyl (C=O) groups is 1. The molecule has 1 atom stereocenters. The lowest BCUT2D eigenvalue weighted by atomic mass is 9.99. The lowest BCUT2D eigenvalue weighted by Gasteiger charge is -2.20. The Labute approximate surface area is 140 Å². The van der Waals surface area contributed by atoms with Crippen molar-refractivity contribution in [3.05, 3.63) is 65.7 Å². The molecular formula is C18H21N3O3. The Bertz CT molecular complexity index is 674. The zero-order valence-electron chi connectivity index (χ0n) is 13.2. The number of hydrogen-bond acceptors (Lipinski definition) is 5. The number of nitrogens with one attached hydrogen (secondary N) is 2. The first-order valence-corrected chi connectivity index (χ1v) is 7.68. The molecule has 1 unspecified atom stereocenters. The maximum absolute atomic E-state index is 9.62. The fourth-order valence-electron chi connectivity index (χ4n) is 2.52. The quantitative estimate of drug-likeness (QED) is 0.644. The second kappa shape index (κ2) is 9.19. The largest absolute Gasteiger partial charge is 0.508 e. The molecule has 24 heavy (non-hydrogen) atoms. The number of aliphatic imine (C=N–C) groups is 1. The molecule has 0 aliphatic carbocycles. The van der Waals surface area contributed by atoms with Gasteiger partial charge in [0.05, 0.1) is 12.6 Å². The highest BCUT2D eigenvalue weighted by Gasteiger charge is 2.15. The van der Waals surface area contributed by atoms with Gasteiger partial charge in [-0.15, -0.1) is 0 Å². The van der Waals surface area contributed by atoms with E-state index in [2.05, 4.69) is 27.8 Å². The van der Waals surface area contributed by atoms with Gasteiger partial charge >= 0.3 is 0 Å². The fraction of sp³-hybridized carbons (Fsp3) is 0.222. The highest BCUT2D eigenvalue weighted by atomic mass is 16.3. The van der Waals surface area contributed by atoms with Gasteiger partial charge in [-0.25, -0.2) is 0 Å². The normalized spacial score (nSPS) is 13.8. The van der Waals surface area contributed by atoms with E-state index in [1.807, 2.05) is 36.4 Å². The van der Waals surface area contributed by atoms with Crippen molar-refractivity contribution in [2.24, 2.45) is 4.99 Å². The number of nitrogens with zero attached hydrogens (tertiary/aromatic N) is 1. The van der Waals surface area contributed by atoms with Crippen LogP contribution >= 0.6 is 0 Å². The van der Waals surface area contributed by atoms with Crippen LogP contribution in [0.1, 0.15) is 17.2 Å². The van der Waals surface area contributed by atoms with E-state index >= 15 is 0 Å².